The van der Waals surface area contributed by atoms with E-state index in [1.54, 1.807) is 0 Å². The van der Waals surface area contributed by atoms with Crippen LogP contribution in [0.15, 0.2) is 11.6 Å². The van der Waals surface area contributed by atoms with E-state index in [2.05, 4.69) is 32.8 Å². The van der Waals surface area contributed by atoms with Crippen LogP contribution in [0.25, 0.3) is 0 Å². The average Bonchev–Trinajstić information content (AvgIpc) is 2.12. The van der Waals surface area contributed by atoms with E-state index in [1.807, 2.05) is 0 Å². The van der Waals surface area contributed by atoms with Crippen LogP contribution in [0.4, 0.5) is 0 Å². The van der Waals surface area contributed by atoms with Crippen molar-refractivity contribution in [3.8, 4) is 12.3 Å². The molecule has 1 nitrogen and oxygen atoms in total. The fraction of sp³-hybridized carbons (Fsp3) is 0.692. The Kier molecular flexibility index (Phi) is 8.37. The van der Waals surface area contributed by atoms with E-state index in [-0.39, 0.29) is 0 Å². The molecular formula is C13H22O. The largest absolute Gasteiger partial charge is 0.369 e. The number of ether oxygens (including phenoxy) is 1. The molecule has 0 amide bonds. The van der Waals surface area contributed by atoms with E-state index in [1.165, 1.54) is 18.4 Å². The van der Waals surface area contributed by atoms with Gasteiger partial charge in [0, 0.05) is 6.61 Å². The first-order chi connectivity index (χ1) is 6.66. The summed E-state index contributed by atoms with van der Waals surface area (Å²) in [7, 11) is 0. The molecule has 0 spiro atoms. The van der Waals surface area contributed by atoms with Gasteiger partial charge in [-0.25, -0.2) is 0 Å². The normalized spacial score (nSPS) is 11.9. The Labute approximate surface area is 88.5 Å². The lowest BCUT2D eigenvalue weighted by molar-refractivity contribution is 0.150. The van der Waals surface area contributed by atoms with Crippen LogP contribution in [0.5, 0.6) is 0 Å². The zero-order valence-electron chi connectivity index (χ0n) is 9.68. The zero-order chi connectivity index (χ0) is 10.8. The molecule has 1 unspecified atom stereocenters. The molecule has 0 N–H and O–H groups in total. The van der Waals surface area contributed by atoms with Crippen LogP contribution < -0.4 is 0 Å². The highest BCUT2D eigenvalue weighted by Gasteiger charge is 2.00. The predicted octanol–water partition coefficient (Wildman–Crippen LogP) is 3.41. The molecule has 0 rings (SSSR count). The maximum absolute atomic E-state index is 5.23. The van der Waals surface area contributed by atoms with Crippen molar-refractivity contribution < 1.29 is 4.74 Å². The second-order valence-corrected chi connectivity index (χ2v) is 4.01. The topological polar surface area (TPSA) is 9.23 Å². The molecule has 14 heavy (non-hydrogen) atoms. The van der Waals surface area contributed by atoms with E-state index in [4.69, 9.17) is 11.2 Å². The standard InChI is InChI=1S/C13H22O/c1-5-10-14-11-9-13(4)8-6-7-12(2)3/h1,7,13H,6,8-11H2,2-4H3. The van der Waals surface area contributed by atoms with Crippen LogP contribution in [-0.4, -0.2) is 13.2 Å². The number of terminal acetylenes is 1. The summed E-state index contributed by atoms with van der Waals surface area (Å²) in [5.41, 5.74) is 1.40. The Morgan fingerprint density at radius 3 is 2.71 bits per heavy atom. The molecule has 0 aromatic heterocycles. The van der Waals surface area contributed by atoms with Gasteiger partial charge in [0.1, 0.15) is 6.61 Å². The molecule has 0 aromatic rings. The van der Waals surface area contributed by atoms with Gasteiger partial charge in [-0.2, -0.15) is 0 Å². The lowest BCUT2D eigenvalue weighted by atomic mass is 10.0. The van der Waals surface area contributed by atoms with Crippen LogP contribution in [0.3, 0.4) is 0 Å². The maximum Gasteiger partial charge on any atom is 0.107 e. The Hall–Kier alpha value is -0.740. The van der Waals surface area contributed by atoms with Gasteiger partial charge in [0.25, 0.3) is 0 Å². The molecule has 1 atom stereocenters. The predicted molar refractivity (Wildman–Crippen MR) is 62.1 cm³/mol. The molecular weight excluding hydrogens is 172 g/mol. The van der Waals surface area contributed by atoms with E-state index in [9.17, 15) is 0 Å². The van der Waals surface area contributed by atoms with Crippen molar-refractivity contribution in [1.82, 2.24) is 0 Å². The SMILES string of the molecule is C#CCOCCC(C)CCC=C(C)C. The van der Waals surface area contributed by atoms with Gasteiger partial charge < -0.3 is 4.74 Å². The van der Waals surface area contributed by atoms with Gasteiger partial charge >= 0.3 is 0 Å². The fourth-order valence-electron chi connectivity index (χ4n) is 1.22. The van der Waals surface area contributed by atoms with Gasteiger partial charge in [0.2, 0.25) is 0 Å². The van der Waals surface area contributed by atoms with E-state index in [0.717, 1.165) is 18.9 Å². The molecule has 1 heteroatoms. The van der Waals surface area contributed by atoms with Crippen molar-refractivity contribution in [1.29, 1.82) is 0 Å². The molecule has 0 aliphatic rings. The molecule has 0 aliphatic carbocycles. The fourth-order valence-corrected chi connectivity index (χ4v) is 1.22. The van der Waals surface area contributed by atoms with Gasteiger partial charge in [-0.05, 0) is 39.0 Å². The smallest absolute Gasteiger partial charge is 0.107 e. The van der Waals surface area contributed by atoms with Crippen LogP contribution in [-0.2, 0) is 4.74 Å². The van der Waals surface area contributed by atoms with Crippen molar-refractivity contribution in [2.45, 2.75) is 40.0 Å². The van der Waals surface area contributed by atoms with E-state index in [0.29, 0.717) is 6.61 Å². The molecule has 0 radical (unpaired) electrons. The molecule has 0 aliphatic heterocycles. The van der Waals surface area contributed by atoms with Crippen LogP contribution in [0, 0.1) is 18.3 Å². The number of allylic oxidation sites excluding steroid dienone is 2. The second-order valence-electron chi connectivity index (χ2n) is 4.01. The molecule has 0 saturated carbocycles. The minimum Gasteiger partial charge on any atom is -0.369 e. The number of hydrogen-bond donors (Lipinski definition) is 0. The van der Waals surface area contributed by atoms with Crippen molar-refractivity contribution in [2.75, 3.05) is 13.2 Å². The molecule has 0 heterocycles. The van der Waals surface area contributed by atoms with Crippen molar-refractivity contribution >= 4 is 0 Å². The molecule has 80 valence electrons. The van der Waals surface area contributed by atoms with Gasteiger partial charge in [-0.1, -0.05) is 24.5 Å². The third-order valence-electron chi connectivity index (χ3n) is 2.15. The Morgan fingerprint density at radius 1 is 1.43 bits per heavy atom. The summed E-state index contributed by atoms with van der Waals surface area (Å²) in [5.74, 6) is 3.19. The highest BCUT2D eigenvalue weighted by molar-refractivity contribution is 4.92. The van der Waals surface area contributed by atoms with Crippen molar-refractivity contribution in [3.05, 3.63) is 11.6 Å². The Bertz CT molecular complexity index is 194. The molecule has 0 fully saturated rings. The van der Waals surface area contributed by atoms with Crippen molar-refractivity contribution in [3.63, 3.8) is 0 Å². The van der Waals surface area contributed by atoms with Gasteiger partial charge in [-0.15, -0.1) is 6.42 Å². The molecule has 0 saturated heterocycles. The minimum absolute atomic E-state index is 0.445. The lowest BCUT2D eigenvalue weighted by Gasteiger charge is -2.09. The summed E-state index contributed by atoms with van der Waals surface area (Å²) >= 11 is 0. The second kappa shape index (κ2) is 8.84. The third-order valence-corrected chi connectivity index (χ3v) is 2.15. The first kappa shape index (κ1) is 13.3. The Balaban J connectivity index is 3.33. The van der Waals surface area contributed by atoms with Crippen LogP contribution in [0.2, 0.25) is 0 Å². The third kappa shape index (κ3) is 9.35. The number of hydrogen-bond acceptors (Lipinski definition) is 1. The van der Waals surface area contributed by atoms with Gasteiger partial charge in [-0.3, -0.25) is 0 Å². The lowest BCUT2D eigenvalue weighted by Crippen LogP contribution is -2.02. The first-order valence-electron chi connectivity index (χ1n) is 5.31. The summed E-state index contributed by atoms with van der Waals surface area (Å²) < 4.78 is 5.23. The van der Waals surface area contributed by atoms with E-state index < -0.39 is 0 Å². The minimum atomic E-state index is 0.445. The average molecular weight is 194 g/mol. The highest BCUT2D eigenvalue weighted by atomic mass is 16.5. The highest BCUT2D eigenvalue weighted by Crippen LogP contribution is 2.11. The summed E-state index contributed by atoms with van der Waals surface area (Å²) in [4.78, 5) is 0. The summed E-state index contributed by atoms with van der Waals surface area (Å²) in [6.07, 6.45) is 10.9. The quantitative estimate of drug-likeness (QED) is 0.343. The summed E-state index contributed by atoms with van der Waals surface area (Å²) in [6, 6.07) is 0. The molecule has 0 bridgehead atoms. The monoisotopic (exact) mass is 194 g/mol. The Morgan fingerprint density at radius 2 is 2.14 bits per heavy atom. The number of rotatable bonds is 7. The van der Waals surface area contributed by atoms with Crippen LogP contribution >= 0.6 is 0 Å². The van der Waals surface area contributed by atoms with E-state index >= 15 is 0 Å². The van der Waals surface area contributed by atoms with Gasteiger partial charge in [0.05, 0.1) is 0 Å². The first-order valence-corrected chi connectivity index (χ1v) is 5.31. The zero-order valence-corrected chi connectivity index (χ0v) is 9.68. The summed E-state index contributed by atoms with van der Waals surface area (Å²) in [6.45, 7) is 7.78. The van der Waals surface area contributed by atoms with Crippen molar-refractivity contribution in [2.24, 2.45) is 5.92 Å². The maximum atomic E-state index is 5.23. The summed E-state index contributed by atoms with van der Waals surface area (Å²) in [5, 5.41) is 0. The molecule has 0 aromatic carbocycles. The van der Waals surface area contributed by atoms with Gasteiger partial charge in [0.15, 0.2) is 0 Å². The van der Waals surface area contributed by atoms with Crippen LogP contribution in [0.1, 0.15) is 40.0 Å².